The van der Waals surface area contributed by atoms with Crippen LogP contribution in [0.2, 0.25) is 0 Å². The molecule has 0 saturated carbocycles. The highest BCUT2D eigenvalue weighted by atomic mass is 79.9. The van der Waals surface area contributed by atoms with Crippen molar-refractivity contribution in [1.29, 1.82) is 0 Å². The predicted molar refractivity (Wildman–Crippen MR) is 103 cm³/mol. The molecule has 0 aliphatic rings. The SMILES string of the molecule is COC(=O)c1ccc(OCCCBr)cc1NC(=O)c1ccc(OC(F)(F)F)cc1. The van der Waals surface area contributed by atoms with Gasteiger partial charge >= 0.3 is 12.3 Å². The molecule has 6 nitrogen and oxygen atoms in total. The van der Waals surface area contributed by atoms with E-state index in [0.29, 0.717) is 12.4 Å². The number of methoxy groups -OCH3 is 1. The van der Waals surface area contributed by atoms with E-state index in [1.807, 2.05) is 0 Å². The molecular weight excluding hydrogens is 459 g/mol. The fraction of sp³-hybridized carbons (Fsp3) is 0.263. The summed E-state index contributed by atoms with van der Waals surface area (Å²) < 4.78 is 50.7. The molecule has 0 saturated heterocycles. The number of rotatable bonds is 8. The molecule has 0 spiro atoms. The van der Waals surface area contributed by atoms with Crippen molar-refractivity contribution in [2.45, 2.75) is 12.8 Å². The lowest BCUT2D eigenvalue weighted by atomic mass is 10.1. The molecule has 2 rings (SSSR count). The zero-order valence-electron chi connectivity index (χ0n) is 15.2. The van der Waals surface area contributed by atoms with Crippen molar-refractivity contribution in [2.24, 2.45) is 0 Å². The number of hydrogen-bond acceptors (Lipinski definition) is 5. The molecule has 0 aromatic heterocycles. The topological polar surface area (TPSA) is 73.9 Å². The normalized spacial score (nSPS) is 10.9. The van der Waals surface area contributed by atoms with Crippen molar-refractivity contribution in [1.82, 2.24) is 0 Å². The van der Waals surface area contributed by atoms with Gasteiger partial charge in [-0.3, -0.25) is 4.79 Å². The molecule has 0 unspecified atom stereocenters. The van der Waals surface area contributed by atoms with Gasteiger partial charge in [-0.1, -0.05) is 15.9 Å². The Kier molecular flexibility index (Phi) is 7.89. The standard InChI is InChI=1S/C19H17BrF3NO5/c1-27-18(26)15-8-7-14(28-10-2-9-20)11-16(15)24-17(25)12-3-5-13(6-4-12)29-19(21,22)23/h3-8,11H,2,9-10H2,1H3,(H,24,25). The van der Waals surface area contributed by atoms with Crippen LogP contribution >= 0.6 is 15.9 Å². The number of ether oxygens (including phenoxy) is 3. The summed E-state index contributed by atoms with van der Waals surface area (Å²) in [6, 6.07) is 8.87. The molecule has 29 heavy (non-hydrogen) atoms. The molecule has 0 radical (unpaired) electrons. The van der Waals surface area contributed by atoms with E-state index in [9.17, 15) is 22.8 Å². The number of nitrogens with one attached hydrogen (secondary N) is 1. The molecule has 0 heterocycles. The minimum atomic E-state index is -4.82. The maximum Gasteiger partial charge on any atom is 0.573 e. The number of benzene rings is 2. The Morgan fingerprint density at radius 2 is 1.72 bits per heavy atom. The molecule has 0 fully saturated rings. The number of carbonyl (C=O) groups excluding carboxylic acids is 2. The zero-order chi connectivity index (χ0) is 21.4. The van der Waals surface area contributed by atoms with Crippen LogP contribution in [0.15, 0.2) is 42.5 Å². The van der Waals surface area contributed by atoms with Crippen LogP contribution < -0.4 is 14.8 Å². The summed E-state index contributed by atoms with van der Waals surface area (Å²) in [5.41, 5.74) is 0.320. The molecule has 1 N–H and O–H groups in total. The second-order valence-corrected chi connectivity index (χ2v) is 6.41. The molecule has 156 valence electrons. The highest BCUT2D eigenvalue weighted by Gasteiger charge is 2.31. The van der Waals surface area contributed by atoms with Crippen LogP contribution in [0, 0.1) is 0 Å². The van der Waals surface area contributed by atoms with Crippen LogP contribution in [0.4, 0.5) is 18.9 Å². The van der Waals surface area contributed by atoms with Gasteiger partial charge < -0.3 is 19.5 Å². The summed E-state index contributed by atoms with van der Waals surface area (Å²) in [6.45, 7) is 0.427. The van der Waals surface area contributed by atoms with Crippen LogP contribution in [0.1, 0.15) is 27.1 Å². The Morgan fingerprint density at radius 3 is 2.31 bits per heavy atom. The van der Waals surface area contributed by atoms with E-state index in [1.165, 1.54) is 31.4 Å². The third kappa shape index (κ3) is 6.97. The first-order valence-electron chi connectivity index (χ1n) is 8.32. The second kappa shape index (κ2) is 10.1. The average molecular weight is 476 g/mol. The first kappa shape index (κ1) is 22.5. The first-order valence-corrected chi connectivity index (χ1v) is 9.44. The molecule has 2 aromatic carbocycles. The molecule has 0 bridgehead atoms. The lowest BCUT2D eigenvalue weighted by Crippen LogP contribution is -2.18. The number of alkyl halides is 4. The molecular formula is C19H17BrF3NO5. The van der Waals surface area contributed by atoms with Gasteiger partial charge in [0.1, 0.15) is 11.5 Å². The van der Waals surface area contributed by atoms with Gasteiger partial charge in [-0.2, -0.15) is 0 Å². The monoisotopic (exact) mass is 475 g/mol. The first-order chi connectivity index (χ1) is 13.7. The maximum absolute atomic E-state index is 12.5. The van der Waals surface area contributed by atoms with E-state index in [-0.39, 0.29) is 16.8 Å². The van der Waals surface area contributed by atoms with Gasteiger partial charge in [0, 0.05) is 17.0 Å². The van der Waals surface area contributed by atoms with E-state index in [1.54, 1.807) is 6.07 Å². The molecule has 10 heteroatoms. The van der Waals surface area contributed by atoms with Gasteiger partial charge in [0.2, 0.25) is 0 Å². The fourth-order valence-electron chi connectivity index (χ4n) is 2.25. The molecule has 0 atom stereocenters. The third-order valence-electron chi connectivity index (χ3n) is 3.54. The number of anilines is 1. The smallest absolute Gasteiger partial charge is 0.493 e. The fourth-order valence-corrected chi connectivity index (χ4v) is 2.48. The Labute approximate surface area is 173 Å². The zero-order valence-corrected chi connectivity index (χ0v) is 16.8. The van der Waals surface area contributed by atoms with Crippen LogP contribution in [0.3, 0.4) is 0 Å². The Balaban J connectivity index is 2.20. The summed E-state index contributed by atoms with van der Waals surface area (Å²) in [4.78, 5) is 24.4. The van der Waals surface area contributed by atoms with E-state index < -0.39 is 24.0 Å². The lowest BCUT2D eigenvalue weighted by molar-refractivity contribution is -0.274. The largest absolute Gasteiger partial charge is 0.573 e. The summed E-state index contributed by atoms with van der Waals surface area (Å²) in [5.74, 6) is -1.32. The molecule has 1 amide bonds. The van der Waals surface area contributed by atoms with Crippen LogP contribution in [-0.2, 0) is 4.74 Å². The van der Waals surface area contributed by atoms with Crippen LogP contribution in [0.25, 0.3) is 0 Å². The van der Waals surface area contributed by atoms with Gasteiger partial charge in [-0.25, -0.2) is 4.79 Å². The quantitative estimate of drug-likeness (QED) is 0.337. The van der Waals surface area contributed by atoms with Crippen molar-refractivity contribution in [3.8, 4) is 11.5 Å². The Morgan fingerprint density at radius 1 is 1.07 bits per heavy atom. The van der Waals surface area contributed by atoms with Crippen molar-refractivity contribution in [3.05, 3.63) is 53.6 Å². The van der Waals surface area contributed by atoms with Gasteiger partial charge in [-0.05, 0) is 42.8 Å². The van der Waals surface area contributed by atoms with Crippen LogP contribution in [0.5, 0.6) is 11.5 Å². The van der Waals surface area contributed by atoms with Crippen molar-refractivity contribution in [2.75, 3.05) is 24.4 Å². The number of esters is 1. The van der Waals surface area contributed by atoms with Crippen molar-refractivity contribution < 1.29 is 37.0 Å². The van der Waals surface area contributed by atoms with Gasteiger partial charge in [0.25, 0.3) is 5.91 Å². The molecule has 0 aliphatic carbocycles. The Bertz CT molecular complexity index is 856. The summed E-state index contributed by atoms with van der Waals surface area (Å²) in [7, 11) is 1.20. The Hall–Kier alpha value is -2.75. The molecule has 2 aromatic rings. The van der Waals surface area contributed by atoms with E-state index in [4.69, 9.17) is 9.47 Å². The minimum Gasteiger partial charge on any atom is -0.493 e. The maximum atomic E-state index is 12.5. The van der Waals surface area contributed by atoms with E-state index >= 15 is 0 Å². The number of hydrogen-bond donors (Lipinski definition) is 1. The summed E-state index contributed by atoms with van der Waals surface area (Å²) >= 11 is 3.29. The average Bonchev–Trinajstić information content (AvgIpc) is 2.67. The second-order valence-electron chi connectivity index (χ2n) is 5.62. The van der Waals surface area contributed by atoms with Crippen molar-refractivity contribution >= 4 is 33.5 Å². The lowest BCUT2D eigenvalue weighted by Gasteiger charge is -2.13. The molecule has 0 aliphatic heterocycles. The van der Waals surface area contributed by atoms with Gasteiger partial charge in [0.05, 0.1) is 25.0 Å². The summed E-state index contributed by atoms with van der Waals surface area (Å²) in [6.07, 6.45) is -4.07. The highest BCUT2D eigenvalue weighted by molar-refractivity contribution is 9.09. The number of halogens is 4. The summed E-state index contributed by atoms with van der Waals surface area (Å²) in [5, 5.41) is 3.30. The minimum absolute atomic E-state index is 0.0703. The number of amides is 1. The van der Waals surface area contributed by atoms with Gasteiger partial charge in [-0.15, -0.1) is 13.2 Å². The third-order valence-corrected chi connectivity index (χ3v) is 4.10. The van der Waals surface area contributed by atoms with Crippen molar-refractivity contribution in [3.63, 3.8) is 0 Å². The van der Waals surface area contributed by atoms with E-state index in [2.05, 4.69) is 26.0 Å². The van der Waals surface area contributed by atoms with E-state index in [0.717, 1.165) is 23.9 Å². The highest BCUT2D eigenvalue weighted by Crippen LogP contribution is 2.26. The number of carbonyl (C=O) groups is 2. The predicted octanol–water partition coefficient (Wildman–Crippen LogP) is 4.79. The van der Waals surface area contributed by atoms with Crippen LogP contribution in [-0.4, -0.2) is 37.3 Å². The van der Waals surface area contributed by atoms with Gasteiger partial charge in [0.15, 0.2) is 0 Å².